The summed E-state index contributed by atoms with van der Waals surface area (Å²) in [6.07, 6.45) is -0.907. The van der Waals surface area contributed by atoms with Crippen molar-refractivity contribution >= 4 is 37.8 Å². The zero-order chi connectivity index (χ0) is 11.4. The Balaban J connectivity index is 2.86. The summed E-state index contributed by atoms with van der Waals surface area (Å²) in [5.41, 5.74) is 0.662. The molecule has 0 bridgehead atoms. The summed E-state index contributed by atoms with van der Waals surface area (Å²) in [4.78, 5) is 11.0. The molecule has 0 saturated heterocycles. The van der Waals surface area contributed by atoms with Crippen molar-refractivity contribution < 1.29 is 14.6 Å². The Kier molecular flexibility index (Phi) is 4.76. The van der Waals surface area contributed by atoms with Crippen molar-refractivity contribution in [2.45, 2.75) is 12.5 Å². The Bertz CT molecular complexity index is 366. The van der Waals surface area contributed by atoms with Crippen LogP contribution >= 0.6 is 31.9 Å². The topological polar surface area (TPSA) is 46.5 Å². The maximum atomic E-state index is 11.0. The van der Waals surface area contributed by atoms with Crippen molar-refractivity contribution in [1.29, 1.82) is 0 Å². The highest BCUT2D eigenvalue weighted by atomic mass is 79.9. The van der Waals surface area contributed by atoms with E-state index in [1.54, 1.807) is 12.1 Å². The van der Waals surface area contributed by atoms with Crippen LogP contribution in [0.15, 0.2) is 27.1 Å². The third-order valence-electron chi connectivity index (χ3n) is 1.93. The van der Waals surface area contributed by atoms with Gasteiger partial charge in [0.25, 0.3) is 0 Å². The van der Waals surface area contributed by atoms with Gasteiger partial charge in [-0.3, -0.25) is 4.79 Å². The molecule has 0 saturated carbocycles. The Morgan fingerprint density at radius 1 is 1.53 bits per heavy atom. The van der Waals surface area contributed by atoms with Gasteiger partial charge in [-0.1, -0.05) is 12.1 Å². The Morgan fingerprint density at radius 3 is 2.80 bits per heavy atom. The summed E-state index contributed by atoms with van der Waals surface area (Å²) < 4.78 is 6.07. The molecule has 0 aromatic heterocycles. The van der Waals surface area contributed by atoms with Gasteiger partial charge in [0.2, 0.25) is 0 Å². The molecule has 1 unspecified atom stereocenters. The largest absolute Gasteiger partial charge is 0.469 e. The highest BCUT2D eigenvalue weighted by molar-refractivity contribution is 9.13. The minimum atomic E-state index is -0.857. The van der Waals surface area contributed by atoms with Gasteiger partial charge in [0, 0.05) is 8.95 Å². The predicted octanol–water partition coefficient (Wildman–Crippen LogP) is 2.81. The van der Waals surface area contributed by atoms with E-state index in [1.807, 2.05) is 6.07 Å². The van der Waals surface area contributed by atoms with Gasteiger partial charge in [-0.2, -0.15) is 0 Å². The first-order valence-electron chi connectivity index (χ1n) is 4.25. The van der Waals surface area contributed by atoms with E-state index in [-0.39, 0.29) is 6.42 Å². The predicted molar refractivity (Wildman–Crippen MR) is 63.4 cm³/mol. The van der Waals surface area contributed by atoms with E-state index in [2.05, 4.69) is 36.6 Å². The maximum absolute atomic E-state index is 11.0. The van der Waals surface area contributed by atoms with Gasteiger partial charge in [0.05, 0.1) is 19.6 Å². The lowest BCUT2D eigenvalue weighted by atomic mass is 10.1. The first kappa shape index (κ1) is 12.7. The lowest BCUT2D eigenvalue weighted by molar-refractivity contribution is -0.142. The summed E-state index contributed by atoms with van der Waals surface area (Å²) in [6, 6.07) is 5.39. The first-order chi connectivity index (χ1) is 7.06. The fourth-order valence-electron chi connectivity index (χ4n) is 1.13. The number of methoxy groups -OCH3 is 1. The van der Waals surface area contributed by atoms with Crippen LogP contribution < -0.4 is 0 Å². The monoisotopic (exact) mass is 336 g/mol. The number of aliphatic hydroxyl groups excluding tert-OH is 1. The molecule has 0 heterocycles. The quantitative estimate of drug-likeness (QED) is 0.863. The van der Waals surface area contributed by atoms with Gasteiger partial charge in [-0.25, -0.2) is 0 Å². The second-order valence-corrected chi connectivity index (χ2v) is 4.59. The van der Waals surface area contributed by atoms with Crippen LogP contribution in [-0.4, -0.2) is 18.2 Å². The van der Waals surface area contributed by atoms with Gasteiger partial charge < -0.3 is 9.84 Å². The first-order valence-corrected chi connectivity index (χ1v) is 5.83. The number of benzene rings is 1. The molecule has 1 atom stereocenters. The van der Waals surface area contributed by atoms with Gasteiger partial charge in [-0.05, 0) is 43.5 Å². The van der Waals surface area contributed by atoms with Gasteiger partial charge in [-0.15, -0.1) is 0 Å². The molecule has 0 fully saturated rings. The van der Waals surface area contributed by atoms with E-state index in [4.69, 9.17) is 0 Å². The molecule has 0 aliphatic carbocycles. The lowest BCUT2D eigenvalue weighted by Gasteiger charge is -2.12. The minimum absolute atomic E-state index is 0.0500. The van der Waals surface area contributed by atoms with Gasteiger partial charge >= 0.3 is 5.97 Å². The number of esters is 1. The van der Waals surface area contributed by atoms with Crippen LogP contribution in [0.3, 0.4) is 0 Å². The molecule has 3 nitrogen and oxygen atoms in total. The Labute approximate surface area is 105 Å². The van der Waals surface area contributed by atoms with Crippen LogP contribution in [0, 0.1) is 0 Å². The SMILES string of the molecule is COC(=O)CC(O)c1cccc(Br)c1Br. The molecular formula is C10H10Br2O3. The zero-order valence-corrected chi connectivity index (χ0v) is 11.2. The summed E-state index contributed by atoms with van der Waals surface area (Å²) in [7, 11) is 1.30. The normalized spacial score (nSPS) is 12.3. The second kappa shape index (κ2) is 5.63. The Morgan fingerprint density at radius 2 is 2.20 bits per heavy atom. The lowest BCUT2D eigenvalue weighted by Crippen LogP contribution is -2.08. The van der Waals surface area contributed by atoms with Crippen LogP contribution in [0.25, 0.3) is 0 Å². The van der Waals surface area contributed by atoms with Gasteiger partial charge in [0.15, 0.2) is 0 Å². The van der Waals surface area contributed by atoms with Crippen LogP contribution in [0.4, 0.5) is 0 Å². The summed E-state index contributed by atoms with van der Waals surface area (Å²) in [6.45, 7) is 0. The number of hydrogen-bond acceptors (Lipinski definition) is 3. The van der Waals surface area contributed by atoms with Crippen molar-refractivity contribution in [3.8, 4) is 0 Å². The van der Waals surface area contributed by atoms with E-state index < -0.39 is 12.1 Å². The molecule has 0 spiro atoms. The van der Waals surface area contributed by atoms with Gasteiger partial charge in [0.1, 0.15) is 0 Å². The Hall–Kier alpha value is -0.390. The average Bonchev–Trinajstić information content (AvgIpc) is 2.21. The maximum Gasteiger partial charge on any atom is 0.308 e. The molecule has 0 aliphatic heterocycles. The van der Waals surface area contributed by atoms with Crippen molar-refractivity contribution in [1.82, 2.24) is 0 Å². The highest BCUT2D eigenvalue weighted by Crippen LogP contribution is 2.31. The van der Waals surface area contributed by atoms with E-state index in [1.165, 1.54) is 7.11 Å². The minimum Gasteiger partial charge on any atom is -0.469 e. The zero-order valence-electron chi connectivity index (χ0n) is 8.04. The fourth-order valence-corrected chi connectivity index (χ4v) is 2.04. The molecule has 1 aromatic rings. The van der Waals surface area contributed by atoms with Crippen LogP contribution in [0.2, 0.25) is 0 Å². The van der Waals surface area contributed by atoms with Crippen molar-refractivity contribution in [2.75, 3.05) is 7.11 Å². The number of rotatable bonds is 3. The molecule has 0 amide bonds. The van der Waals surface area contributed by atoms with Crippen molar-refractivity contribution in [3.63, 3.8) is 0 Å². The smallest absolute Gasteiger partial charge is 0.308 e. The van der Waals surface area contributed by atoms with E-state index in [0.717, 1.165) is 8.95 Å². The molecule has 1 N–H and O–H groups in total. The number of hydrogen-bond donors (Lipinski definition) is 1. The third kappa shape index (κ3) is 3.29. The van der Waals surface area contributed by atoms with E-state index in [9.17, 15) is 9.90 Å². The highest BCUT2D eigenvalue weighted by Gasteiger charge is 2.16. The molecule has 1 aromatic carbocycles. The van der Waals surface area contributed by atoms with Crippen LogP contribution in [0.1, 0.15) is 18.1 Å². The molecule has 1 rings (SSSR count). The number of ether oxygens (including phenoxy) is 1. The fraction of sp³-hybridized carbons (Fsp3) is 0.300. The third-order valence-corrected chi connectivity index (χ3v) is 4.01. The number of halogens is 2. The molecule has 0 radical (unpaired) electrons. The molecular weight excluding hydrogens is 328 g/mol. The van der Waals surface area contributed by atoms with Crippen molar-refractivity contribution in [3.05, 3.63) is 32.7 Å². The summed E-state index contributed by atoms with van der Waals surface area (Å²) in [5, 5.41) is 9.78. The standard InChI is InChI=1S/C10H10Br2O3/c1-15-9(14)5-8(13)6-3-2-4-7(11)10(6)12/h2-4,8,13H,5H2,1H3. The summed E-state index contributed by atoms with van der Waals surface area (Å²) in [5.74, 6) is -0.436. The molecule has 5 heteroatoms. The summed E-state index contributed by atoms with van der Waals surface area (Å²) >= 11 is 6.66. The number of carbonyl (C=O) groups excluding carboxylic acids is 1. The second-order valence-electron chi connectivity index (χ2n) is 2.94. The van der Waals surface area contributed by atoms with Crippen LogP contribution in [0.5, 0.6) is 0 Å². The average molecular weight is 338 g/mol. The van der Waals surface area contributed by atoms with E-state index in [0.29, 0.717) is 5.56 Å². The molecule has 0 aliphatic rings. The van der Waals surface area contributed by atoms with Crippen LogP contribution in [-0.2, 0) is 9.53 Å². The number of aliphatic hydroxyl groups is 1. The molecule has 82 valence electrons. The molecule has 15 heavy (non-hydrogen) atoms. The van der Waals surface area contributed by atoms with Crippen molar-refractivity contribution in [2.24, 2.45) is 0 Å². The number of carbonyl (C=O) groups is 1. The van der Waals surface area contributed by atoms with E-state index >= 15 is 0 Å².